The van der Waals surface area contributed by atoms with E-state index >= 15 is 0 Å². The SMILES string of the molecule is CCCc1nc(CN(C)C(N)=O)cs1. The van der Waals surface area contributed by atoms with Gasteiger partial charge in [-0.15, -0.1) is 11.3 Å². The third-order valence-electron chi connectivity index (χ3n) is 1.84. The van der Waals surface area contributed by atoms with Crippen molar-refractivity contribution in [2.75, 3.05) is 7.05 Å². The number of hydrogen-bond donors (Lipinski definition) is 1. The number of aromatic nitrogens is 1. The van der Waals surface area contributed by atoms with E-state index in [1.54, 1.807) is 18.4 Å². The molecule has 78 valence electrons. The molecule has 0 aliphatic carbocycles. The van der Waals surface area contributed by atoms with E-state index in [0.717, 1.165) is 23.5 Å². The lowest BCUT2D eigenvalue weighted by Gasteiger charge is -2.11. The van der Waals surface area contributed by atoms with E-state index in [1.165, 1.54) is 4.90 Å². The molecule has 0 saturated heterocycles. The Morgan fingerprint density at radius 3 is 3.00 bits per heavy atom. The predicted octanol–water partition coefficient (Wildman–Crippen LogP) is 1.61. The largest absolute Gasteiger partial charge is 0.351 e. The summed E-state index contributed by atoms with van der Waals surface area (Å²) in [6.07, 6.45) is 2.10. The smallest absolute Gasteiger partial charge is 0.314 e. The summed E-state index contributed by atoms with van der Waals surface area (Å²) in [6, 6.07) is -0.421. The molecule has 0 spiro atoms. The van der Waals surface area contributed by atoms with Gasteiger partial charge < -0.3 is 10.6 Å². The van der Waals surface area contributed by atoms with Crippen molar-refractivity contribution in [1.29, 1.82) is 0 Å². The molecule has 0 aromatic carbocycles. The molecule has 0 bridgehead atoms. The highest BCUT2D eigenvalue weighted by atomic mass is 32.1. The van der Waals surface area contributed by atoms with E-state index in [0.29, 0.717) is 6.54 Å². The first-order valence-electron chi connectivity index (χ1n) is 4.57. The quantitative estimate of drug-likeness (QED) is 0.826. The summed E-state index contributed by atoms with van der Waals surface area (Å²) in [7, 11) is 1.67. The van der Waals surface area contributed by atoms with E-state index in [9.17, 15) is 4.79 Å². The van der Waals surface area contributed by atoms with Gasteiger partial charge in [-0.05, 0) is 12.8 Å². The maximum absolute atomic E-state index is 10.8. The summed E-state index contributed by atoms with van der Waals surface area (Å²) in [4.78, 5) is 16.6. The fourth-order valence-corrected chi connectivity index (χ4v) is 1.96. The van der Waals surface area contributed by atoms with Crippen molar-refractivity contribution in [2.24, 2.45) is 5.73 Å². The predicted molar refractivity (Wildman–Crippen MR) is 57.2 cm³/mol. The summed E-state index contributed by atoms with van der Waals surface area (Å²) in [5, 5.41) is 3.10. The average Bonchev–Trinajstić information content (AvgIpc) is 2.53. The van der Waals surface area contributed by atoms with E-state index < -0.39 is 6.03 Å². The molecule has 0 unspecified atom stereocenters. The van der Waals surface area contributed by atoms with Gasteiger partial charge in [-0.25, -0.2) is 9.78 Å². The Hall–Kier alpha value is -1.10. The van der Waals surface area contributed by atoms with Gasteiger partial charge in [0.1, 0.15) is 0 Å². The van der Waals surface area contributed by atoms with Crippen molar-refractivity contribution < 1.29 is 4.79 Å². The van der Waals surface area contributed by atoms with Crippen LogP contribution in [0.1, 0.15) is 24.0 Å². The molecule has 0 radical (unpaired) electrons. The Labute approximate surface area is 87.7 Å². The molecule has 4 nitrogen and oxygen atoms in total. The third kappa shape index (κ3) is 2.99. The Morgan fingerprint density at radius 1 is 1.71 bits per heavy atom. The molecule has 0 saturated carbocycles. The molecule has 0 atom stereocenters. The van der Waals surface area contributed by atoms with Crippen LogP contribution in [0.25, 0.3) is 0 Å². The highest BCUT2D eigenvalue weighted by Crippen LogP contribution is 2.12. The van der Waals surface area contributed by atoms with Crippen LogP contribution in [0.5, 0.6) is 0 Å². The van der Waals surface area contributed by atoms with Crippen LogP contribution in [0.15, 0.2) is 5.38 Å². The van der Waals surface area contributed by atoms with Gasteiger partial charge >= 0.3 is 6.03 Å². The number of aryl methyl sites for hydroxylation is 1. The number of carbonyl (C=O) groups excluding carboxylic acids is 1. The van der Waals surface area contributed by atoms with Gasteiger partial charge in [-0.2, -0.15) is 0 Å². The van der Waals surface area contributed by atoms with Crippen molar-refractivity contribution in [3.05, 3.63) is 16.1 Å². The number of amides is 2. The standard InChI is InChI=1S/C9H15N3OS/c1-3-4-8-11-7(6-14-8)5-12(2)9(10)13/h6H,3-5H2,1-2H3,(H2,10,13). The number of urea groups is 1. The zero-order valence-electron chi connectivity index (χ0n) is 8.49. The van der Waals surface area contributed by atoms with Crippen molar-refractivity contribution in [3.8, 4) is 0 Å². The van der Waals surface area contributed by atoms with Crippen LogP contribution in [-0.4, -0.2) is 23.0 Å². The second kappa shape index (κ2) is 4.95. The normalized spacial score (nSPS) is 10.1. The zero-order valence-corrected chi connectivity index (χ0v) is 9.30. The van der Waals surface area contributed by atoms with Crippen molar-refractivity contribution in [1.82, 2.24) is 9.88 Å². The highest BCUT2D eigenvalue weighted by Gasteiger charge is 2.07. The Kier molecular flexibility index (Phi) is 3.88. The molecule has 0 fully saturated rings. The first-order valence-corrected chi connectivity index (χ1v) is 5.45. The first-order chi connectivity index (χ1) is 6.63. The molecular weight excluding hydrogens is 198 g/mol. The maximum Gasteiger partial charge on any atom is 0.314 e. The number of carbonyl (C=O) groups is 1. The second-order valence-electron chi connectivity index (χ2n) is 3.18. The number of primary amides is 1. The summed E-state index contributed by atoms with van der Waals surface area (Å²) in [5.74, 6) is 0. The van der Waals surface area contributed by atoms with E-state index in [2.05, 4.69) is 11.9 Å². The number of rotatable bonds is 4. The van der Waals surface area contributed by atoms with Gasteiger partial charge in [0, 0.05) is 12.4 Å². The third-order valence-corrected chi connectivity index (χ3v) is 2.80. The van der Waals surface area contributed by atoms with Gasteiger partial charge in [0.25, 0.3) is 0 Å². The van der Waals surface area contributed by atoms with Crippen molar-refractivity contribution in [3.63, 3.8) is 0 Å². The minimum Gasteiger partial charge on any atom is -0.351 e. The monoisotopic (exact) mass is 213 g/mol. The van der Waals surface area contributed by atoms with Gasteiger partial charge in [-0.3, -0.25) is 0 Å². The molecule has 1 aromatic heterocycles. The average molecular weight is 213 g/mol. The Bertz CT molecular complexity index is 311. The molecule has 1 rings (SSSR count). The van der Waals surface area contributed by atoms with Crippen molar-refractivity contribution in [2.45, 2.75) is 26.3 Å². The lowest BCUT2D eigenvalue weighted by Crippen LogP contribution is -2.31. The summed E-state index contributed by atoms with van der Waals surface area (Å²) >= 11 is 1.64. The molecule has 1 heterocycles. The van der Waals surface area contributed by atoms with Crippen LogP contribution in [0.4, 0.5) is 4.79 Å². The topological polar surface area (TPSA) is 59.2 Å². The molecule has 2 amide bonds. The summed E-state index contributed by atoms with van der Waals surface area (Å²) in [5.41, 5.74) is 6.03. The van der Waals surface area contributed by atoms with E-state index in [-0.39, 0.29) is 0 Å². The lowest BCUT2D eigenvalue weighted by atomic mass is 10.3. The fraction of sp³-hybridized carbons (Fsp3) is 0.556. The molecule has 0 aliphatic rings. The minimum atomic E-state index is -0.421. The number of nitrogens with zero attached hydrogens (tertiary/aromatic N) is 2. The van der Waals surface area contributed by atoms with Crippen LogP contribution >= 0.6 is 11.3 Å². The molecule has 0 aliphatic heterocycles. The Morgan fingerprint density at radius 2 is 2.43 bits per heavy atom. The molecule has 2 N–H and O–H groups in total. The van der Waals surface area contributed by atoms with Crippen LogP contribution in [0.3, 0.4) is 0 Å². The number of nitrogens with two attached hydrogens (primary N) is 1. The lowest BCUT2D eigenvalue weighted by molar-refractivity contribution is 0.216. The van der Waals surface area contributed by atoms with Crippen LogP contribution < -0.4 is 5.73 Å². The summed E-state index contributed by atoms with van der Waals surface area (Å²) in [6.45, 7) is 2.62. The fourth-order valence-electron chi connectivity index (χ4n) is 1.07. The maximum atomic E-state index is 10.8. The van der Waals surface area contributed by atoms with Gasteiger partial charge in [0.2, 0.25) is 0 Å². The second-order valence-corrected chi connectivity index (χ2v) is 4.12. The number of hydrogen-bond acceptors (Lipinski definition) is 3. The molecule has 1 aromatic rings. The molecule has 14 heavy (non-hydrogen) atoms. The van der Waals surface area contributed by atoms with Crippen LogP contribution in [-0.2, 0) is 13.0 Å². The first kappa shape index (κ1) is 11.0. The highest BCUT2D eigenvalue weighted by molar-refractivity contribution is 7.09. The minimum absolute atomic E-state index is 0.421. The van der Waals surface area contributed by atoms with E-state index in [1.807, 2.05) is 5.38 Å². The van der Waals surface area contributed by atoms with Crippen molar-refractivity contribution >= 4 is 17.4 Å². The number of thiazole rings is 1. The van der Waals surface area contributed by atoms with Crippen LogP contribution in [0.2, 0.25) is 0 Å². The Balaban J connectivity index is 2.55. The van der Waals surface area contributed by atoms with Gasteiger partial charge in [0.05, 0.1) is 17.2 Å². The van der Waals surface area contributed by atoms with Gasteiger partial charge in [0.15, 0.2) is 0 Å². The molecule has 5 heteroatoms. The van der Waals surface area contributed by atoms with Gasteiger partial charge in [-0.1, -0.05) is 6.92 Å². The van der Waals surface area contributed by atoms with E-state index in [4.69, 9.17) is 5.73 Å². The summed E-state index contributed by atoms with van der Waals surface area (Å²) < 4.78 is 0. The van der Waals surface area contributed by atoms with Crippen LogP contribution in [0, 0.1) is 0 Å². The zero-order chi connectivity index (χ0) is 10.6. The molecular formula is C9H15N3OS.